The van der Waals surface area contributed by atoms with Gasteiger partial charge < -0.3 is 15.0 Å². The van der Waals surface area contributed by atoms with Crippen LogP contribution in [0, 0.1) is 5.92 Å². The van der Waals surface area contributed by atoms with E-state index in [-0.39, 0.29) is 0 Å². The highest BCUT2D eigenvalue weighted by molar-refractivity contribution is 5.41. The molecule has 2 rings (SSSR count). The van der Waals surface area contributed by atoms with Crippen molar-refractivity contribution in [1.29, 1.82) is 0 Å². The summed E-state index contributed by atoms with van der Waals surface area (Å²) in [5.74, 6) is 2.71. The van der Waals surface area contributed by atoms with Crippen LogP contribution in [0.4, 0.5) is 5.82 Å². The van der Waals surface area contributed by atoms with Crippen molar-refractivity contribution >= 4 is 5.82 Å². The molecule has 1 aromatic rings. The van der Waals surface area contributed by atoms with Crippen molar-refractivity contribution < 1.29 is 4.74 Å². The van der Waals surface area contributed by atoms with Crippen LogP contribution in [0.15, 0.2) is 18.3 Å². The van der Waals surface area contributed by atoms with E-state index >= 15 is 0 Å². The Balaban J connectivity index is 1.84. The summed E-state index contributed by atoms with van der Waals surface area (Å²) in [7, 11) is 1.67. The van der Waals surface area contributed by atoms with Crippen LogP contribution >= 0.6 is 0 Å². The summed E-state index contributed by atoms with van der Waals surface area (Å²) >= 11 is 0. The maximum Gasteiger partial charge on any atom is 0.137 e. The molecule has 1 fully saturated rings. The van der Waals surface area contributed by atoms with E-state index in [0.29, 0.717) is 0 Å². The van der Waals surface area contributed by atoms with E-state index in [9.17, 15) is 0 Å². The Labute approximate surface area is 109 Å². The molecule has 0 amide bonds. The third kappa shape index (κ3) is 3.35. The molecule has 1 N–H and O–H groups in total. The number of aromatic nitrogens is 1. The fourth-order valence-corrected chi connectivity index (χ4v) is 2.39. The van der Waals surface area contributed by atoms with Crippen molar-refractivity contribution in [2.24, 2.45) is 5.92 Å². The number of nitrogens with one attached hydrogen (secondary N) is 1. The summed E-state index contributed by atoms with van der Waals surface area (Å²) in [5.41, 5.74) is 0. The fourth-order valence-electron chi connectivity index (χ4n) is 2.39. The minimum Gasteiger partial charge on any atom is -0.495 e. The lowest BCUT2D eigenvalue weighted by molar-refractivity contribution is 0.384. The van der Waals surface area contributed by atoms with Gasteiger partial charge >= 0.3 is 0 Å². The number of rotatable bonds is 5. The molecule has 0 aromatic carbocycles. The lowest BCUT2D eigenvalue weighted by Gasteiger charge is -2.32. The molecule has 1 aromatic heterocycles. The number of anilines is 1. The van der Waals surface area contributed by atoms with Crippen LogP contribution in [-0.4, -0.2) is 38.3 Å². The summed E-state index contributed by atoms with van der Waals surface area (Å²) < 4.78 is 5.13. The van der Waals surface area contributed by atoms with Gasteiger partial charge in [0.25, 0.3) is 0 Å². The first kappa shape index (κ1) is 13.1. The Morgan fingerprint density at radius 3 is 2.72 bits per heavy atom. The molecule has 0 spiro atoms. The van der Waals surface area contributed by atoms with Gasteiger partial charge in [0, 0.05) is 13.1 Å². The zero-order valence-corrected chi connectivity index (χ0v) is 11.4. The Morgan fingerprint density at radius 1 is 1.39 bits per heavy atom. The first-order chi connectivity index (χ1) is 8.83. The van der Waals surface area contributed by atoms with Gasteiger partial charge in [0.05, 0.1) is 13.3 Å². The van der Waals surface area contributed by atoms with E-state index < -0.39 is 0 Å². The molecule has 0 saturated carbocycles. The van der Waals surface area contributed by atoms with Crippen molar-refractivity contribution in [3.05, 3.63) is 18.3 Å². The minimum absolute atomic E-state index is 0.819. The lowest BCUT2D eigenvalue weighted by Crippen LogP contribution is -2.37. The summed E-state index contributed by atoms with van der Waals surface area (Å²) in [6.45, 7) is 6.60. The molecule has 4 heteroatoms. The number of hydrogen-bond donors (Lipinski definition) is 1. The van der Waals surface area contributed by atoms with E-state index in [4.69, 9.17) is 4.74 Å². The van der Waals surface area contributed by atoms with Crippen LogP contribution in [0.3, 0.4) is 0 Å². The fraction of sp³-hybridized carbons (Fsp3) is 0.643. The smallest absolute Gasteiger partial charge is 0.137 e. The Bertz CT molecular complexity index is 345. The second-order valence-corrected chi connectivity index (χ2v) is 4.79. The van der Waals surface area contributed by atoms with Gasteiger partial charge in [-0.1, -0.05) is 6.92 Å². The number of nitrogens with zero attached hydrogens (tertiary/aromatic N) is 2. The largest absolute Gasteiger partial charge is 0.495 e. The Hall–Kier alpha value is -1.29. The van der Waals surface area contributed by atoms with Crippen LogP contribution in [0.25, 0.3) is 0 Å². The zero-order valence-electron chi connectivity index (χ0n) is 11.4. The second-order valence-electron chi connectivity index (χ2n) is 4.79. The quantitative estimate of drug-likeness (QED) is 0.865. The zero-order chi connectivity index (χ0) is 12.8. The standard InChI is InChI=1S/C14H23N3O/c1-3-15-10-12-6-8-17(9-7-12)14-5-4-13(18-2)11-16-14/h4-5,11-12,15H,3,6-10H2,1-2H3. The van der Waals surface area contributed by atoms with E-state index in [1.807, 2.05) is 12.1 Å². The number of methoxy groups -OCH3 is 1. The number of hydrogen-bond acceptors (Lipinski definition) is 4. The molecule has 4 nitrogen and oxygen atoms in total. The highest BCUT2D eigenvalue weighted by Gasteiger charge is 2.19. The third-order valence-electron chi connectivity index (χ3n) is 3.58. The lowest BCUT2D eigenvalue weighted by atomic mass is 9.97. The molecule has 18 heavy (non-hydrogen) atoms. The molecule has 0 atom stereocenters. The first-order valence-electron chi connectivity index (χ1n) is 6.79. The van der Waals surface area contributed by atoms with Crippen LogP contribution in [0.5, 0.6) is 5.75 Å². The summed E-state index contributed by atoms with van der Waals surface area (Å²) in [6, 6.07) is 4.02. The highest BCUT2D eigenvalue weighted by atomic mass is 16.5. The van der Waals surface area contributed by atoms with Crippen LogP contribution in [0.1, 0.15) is 19.8 Å². The monoisotopic (exact) mass is 249 g/mol. The molecule has 0 bridgehead atoms. The van der Waals surface area contributed by atoms with Crippen molar-refractivity contribution in [2.75, 3.05) is 38.2 Å². The van der Waals surface area contributed by atoms with Crippen molar-refractivity contribution in [1.82, 2.24) is 10.3 Å². The molecule has 1 saturated heterocycles. The Morgan fingerprint density at radius 2 is 2.17 bits per heavy atom. The molecule has 0 unspecified atom stereocenters. The normalized spacial score (nSPS) is 16.9. The van der Waals surface area contributed by atoms with Gasteiger partial charge in [-0.2, -0.15) is 0 Å². The van der Waals surface area contributed by atoms with Crippen molar-refractivity contribution in [3.8, 4) is 5.75 Å². The molecule has 0 aliphatic carbocycles. The first-order valence-corrected chi connectivity index (χ1v) is 6.79. The van der Waals surface area contributed by atoms with Gasteiger partial charge in [0.15, 0.2) is 0 Å². The van der Waals surface area contributed by atoms with Crippen molar-refractivity contribution in [3.63, 3.8) is 0 Å². The molecule has 1 aliphatic heterocycles. The minimum atomic E-state index is 0.819. The van der Waals surface area contributed by atoms with E-state index in [0.717, 1.165) is 43.7 Å². The molecular weight excluding hydrogens is 226 g/mol. The molecular formula is C14H23N3O. The van der Waals surface area contributed by atoms with Gasteiger partial charge in [-0.05, 0) is 44.0 Å². The summed E-state index contributed by atoms with van der Waals surface area (Å²) in [5, 5.41) is 3.44. The predicted octanol–water partition coefficient (Wildman–Crippen LogP) is 1.92. The average molecular weight is 249 g/mol. The van der Waals surface area contributed by atoms with Gasteiger partial charge in [0.1, 0.15) is 11.6 Å². The molecule has 1 aliphatic rings. The maximum absolute atomic E-state index is 5.13. The maximum atomic E-state index is 5.13. The predicted molar refractivity (Wildman–Crippen MR) is 74.3 cm³/mol. The summed E-state index contributed by atoms with van der Waals surface area (Å²) in [4.78, 5) is 6.81. The Kier molecular flexibility index (Phi) is 4.81. The number of pyridine rings is 1. The average Bonchev–Trinajstić information content (AvgIpc) is 2.46. The molecule has 0 radical (unpaired) electrons. The van der Waals surface area contributed by atoms with Crippen LogP contribution < -0.4 is 15.0 Å². The number of ether oxygens (including phenoxy) is 1. The van der Waals surface area contributed by atoms with Crippen LogP contribution in [0.2, 0.25) is 0 Å². The van der Waals surface area contributed by atoms with Crippen LogP contribution in [-0.2, 0) is 0 Å². The topological polar surface area (TPSA) is 37.4 Å². The van der Waals surface area contributed by atoms with Gasteiger partial charge in [-0.15, -0.1) is 0 Å². The molecule has 100 valence electrons. The third-order valence-corrected chi connectivity index (χ3v) is 3.58. The van der Waals surface area contributed by atoms with Gasteiger partial charge in [0.2, 0.25) is 0 Å². The van der Waals surface area contributed by atoms with E-state index in [1.54, 1.807) is 13.3 Å². The number of piperidine rings is 1. The second kappa shape index (κ2) is 6.59. The highest BCUT2D eigenvalue weighted by Crippen LogP contribution is 2.22. The van der Waals surface area contributed by atoms with E-state index in [2.05, 4.69) is 22.1 Å². The molecule has 2 heterocycles. The SMILES string of the molecule is CCNCC1CCN(c2ccc(OC)cn2)CC1. The van der Waals surface area contributed by atoms with Gasteiger partial charge in [-0.25, -0.2) is 4.98 Å². The summed E-state index contributed by atoms with van der Waals surface area (Å²) in [6.07, 6.45) is 4.29. The van der Waals surface area contributed by atoms with Crippen molar-refractivity contribution in [2.45, 2.75) is 19.8 Å². The van der Waals surface area contributed by atoms with E-state index in [1.165, 1.54) is 12.8 Å². The van der Waals surface area contributed by atoms with Gasteiger partial charge in [-0.3, -0.25) is 0 Å².